The van der Waals surface area contributed by atoms with Crippen LogP contribution in [0.2, 0.25) is 0 Å². The quantitative estimate of drug-likeness (QED) is 0.746. The lowest BCUT2D eigenvalue weighted by molar-refractivity contribution is -0.186. The minimum Gasteiger partial charge on any atom is -0.392 e. The van der Waals surface area contributed by atoms with Crippen molar-refractivity contribution in [2.24, 2.45) is 0 Å². The predicted molar refractivity (Wildman–Crippen MR) is 54.8 cm³/mol. The van der Waals surface area contributed by atoms with Gasteiger partial charge in [0.15, 0.2) is 0 Å². The van der Waals surface area contributed by atoms with E-state index in [2.05, 4.69) is 15.9 Å². The second-order valence-electron chi connectivity index (χ2n) is 4.38. The molecule has 0 bridgehead atoms. The van der Waals surface area contributed by atoms with Gasteiger partial charge in [0.25, 0.3) is 0 Å². The van der Waals surface area contributed by atoms with Crippen LogP contribution in [0.25, 0.3) is 0 Å². The molecule has 0 aromatic heterocycles. The Bertz CT molecular complexity index is 258. The highest BCUT2D eigenvalue weighted by molar-refractivity contribution is 9.11. The van der Waals surface area contributed by atoms with Crippen LogP contribution in [0.15, 0.2) is 10.1 Å². The smallest absolute Gasteiger partial charge is 0.0728 e. The van der Waals surface area contributed by atoms with Crippen molar-refractivity contribution >= 4 is 15.9 Å². The molecule has 13 heavy (non-hydrogen) atoms. The summed E-state index contributed by atoms with van der Waals surface area (Å²) in [5.41, 5.74) is -0.126. The molecule has 0 aromatic rings. The van der Waals surface area contributed by atoms with Crippen LogP contribution in [0.5, 0.6) is 0 Å². The van der Waals surface area contributed by atoms with E-state index in [9.17, 15) is 10.3 Å². The zero-order valence-electron chi connectivity index (χ0n) is 8.43. The monoisotopic (exact) mass is 249 g/mol. The Morgan fingerprint density at radius 3 is 1.85 bits per heavy atom. The molecule has 0 atom stereocenters. The third-order valence-corrected chi connectivity index (χ3v) is 4.21. The highest BCUT2D eigenvalue weighted by atomic mass is 79.9. The molecular formula is C9H16BrNO2. The number of hydroxylamine groups is 2. The number of aliphatic hydroxyl groups excluding tert-OH is 1. The fraction of sp³-hybridized carbons (Fsp3) is 0.778. The summed E-state index contributed by atoms with van der Waals surface area (Å²) in [5, 5.41) is 20.4. The summed E-state index contributed by atoms with van der Waals surface area (Å²) in [6.45, 7) is 7.54. The van der Waals surface area contributed by atoms with Crippen LogP contribution in [0.1, 0.15) is 27.7 Å². The van der Waals surface area contributed by atoms with Gasteiger partial charge in [-0.25, -0.2) is 0 Å². The van der Waals surface area contributed by atoms with Gasteiger partial charge in [-0.1, -0.05) is 15.9 Å². The maximum atomic E-state index is 9.91. The largest absolute Gasteiger partial charge is 0.392 e. The van der Waals surface area contributed by atoms with Gasteiger partial charge >= 0.3 is 0 Å². The number of aliphatic hydroxyl groups is 1. The number of nitrogens with zero attached hydrogens (tertiary/aromatic N) is 1. The van der Waals surface area contributed by atoms with Gasteiger partial charge in [0.2, 0.25) is 0 Å². The molecule has 0 saturated heterocycles. The lowest BCUT2D eigenvalue weighted by Crippen LogP contribution is -2.48. The van der Waals surface area contributed by atoms with Crippen LogP contribution in [-0.4, -0.2) is 33.1 Å². The second-order valence-corrected chi connectivity index (χ2v) is 5.17. The first kappa shape index (κ1) is 11.2. The van der Waals surface area contributed by atoms with Gasteiger partial charge in [0.1, 0.15) is 0 Å². The molecule has 2 N–H and O–H groups in total. The molecule has 1 rings (SSSR count). The Morgan fingerprint density at radius 2 is 1.69 bits per heavy atom. The molecule has 1 heterocycles. The van der Waals surface area contributed by atoms with Crippen LogP contribution >= 0.6 is 15.9 Å². The van der Waals surface area contributed by atoms with Crippen molar-refractivity contribution in [2.45, 2.75) is 38.8 Å². The molecule has 0 aromatic carbocycles. The first-order valence-corrected chi connectivity index (χ1v) is 5.05. The SMILES string of the molecule is CC1(C)C(Br)=C(CO)C(C)(C)N1O. The predicted octanol–water partition coefficient (Wildman–Crippen LogP) is 1.89. The minimum absolute atomic E-state index is 0.0337. The summed E-state index contributed by atoms with van der Waals surface area (Å²) in [4.78, 5) is 0. The molecule has 0 saturated carbocycles. The van der Waals surface area contributed by atoms with Gasteiger partial charge in [0, 0.05) is 4.48 Å². The Hall–Kier alpha value is 0.1000. The summed E-state index contributed by atoms with van der Waals surface area (Å²) in [7, 11) is 0. The zero-order chi connectivity index (χ0) is 10.4. The molecule has 0 spiro atoms. The molecule has 0 fully saturated rings. The zero-order valence-corrected chi connectivity index (χ0v) is 10.0. The molecule has 1 aliphatic heterocycles. The summed E-state index contributed by atoms with van der Waals surface area (Å²) in [6.07, 6.45) is 0. The van der Waals surface area contributed by atoms with Crippen molar-refractivity contribution in [3.05, 3.63) is 10.1 Å². The number of halogens is 1. The van der Waals surface area contributed by atoms with E-state index in [0.29, 0.717) is 0 Å². The first-order chi connectivity index (χ1) is 5.76. The Morgan fingerprint density at radius 1 is 1.23 bits per heavy atom. The van der Waals surface area contributed by atoms with Gasteiger partial charge < -0.3 is 10.3 Å². The van der Waals surface area contributed by atoms with E-state index in [-0.39, 0.29) is 6.61 Å². The minimum atomic E-state index is -0.503. The van der Waals surface area contributed by atoms with Gasteiger partial charge in [-0.15, -0.1) is 0 Å². The maximum Gasteiger partial charge on any atom is 0.0728 e. The van der Waals surface area contributed by atoms with Crippen molar-refractivity contribution in [1.29, 1.82) is 0 Å². The van der Waals surface area contributed by atoms with Crippen LogP contribution in [-0.2, 0) is 0 Å². The van der Waals surface area contributed by atoms with Crippen molar-refractivity contribution in [3.8, 4) is 0 Å². The van der Waals surface area contributed by atoms with E-state index in [0.717, 1.165) is 10.1 Å². The van der Waals surface area contributed by atoms with Gasteiger partial charge in [-0.3, -0.25) is 0 Å². The highest BCUT2D eigenvalue weighted by Crippen LogP contribution is 2.46. The van der Waals surface area contributed by atoms with E-state index in [1.165, 1.54) is 5.06 Å². The van der Waals surface area contributed by atoms with Crippen LogP contribution < -0.4 is 0 Å². The molecule has 4 heteroatoms. The van der Waals surface area contributed by atoms with Crippen LogP contribution in [0, 0.1) is 0 Å². The Balaban J connectivity index is 3.23. The van der Waals surface area contributed by atoms with Gasteiger partial charge in [0.05, 0.1) is 17.7 Å². The topological polar surface area (TPSA) is 43.7 Å². The van der Waals surface area contributed by atoms with E-state index < -0.39 is 11.1 Å². The van der Waals surface area contributed by atoms with Gasteiger partial charge in [-0.05, 0) is 33.3 Å². The molecule has 0 amide bonds. The van der Waals surface area contributed by atoms with E-state index in [1.807, 2.05) is 27.7 Å². The normalized spacial score (nSPS) is 27.0. The molecule has 76 valence electrons. The average molecular weight is 250 g/mol. The summed E-state index contributed by atoms with van der Waals surface area (Å²) in [5.74, 6) is 0. The summed E-state index contributed by atoms with van der Waals surface area (Å²) < 4.78 is 0.870. The lowest BCUT2D eigenvalue weighted by atomic mass is 9.97. The highest BCUT2D eigenvalue weighted by Gasteiger charge is 2.49. The molecular weight excluding hydrogens is 234 g/mol. The third kappa shape index (κ3) is 1.36. The van der Waals surface area contributed by atoms with Crippen molar-refractivity contribution in [1.82, 2.24) is 5.06 Å². The van der Waals surface area contributed by atoms with E-state index in [4.69, 9.17) is 0 Å². The average Bonchev–Trinajstić information content (AvgIpc) is 2.12. The Labute approximate surface area is 87.1 Å². The van der Waals surface area contributed by atoms with E-state index in [1.54, 1.807) is 0 Å². The molecule has 3 nitrogen and oxygen atoms in total. The van der Waals surface area contributed by atoms with Crippen molar-refractivity contribution < 1.29 is 10.3 Å². The van der Waals surface area contributed by atoms with Gasteiger partial charge in [-0.2, -0.15) is 5.06 Å². The first-order valence-electron chi connectivity index (χ1n) is 4.26. The lowest BCUT2D eigenvalue weighted by Gasteiger charge is -2.36. The van der Waals surface area contributed by atoms with Crippen molar-refractivity contribution in [3.63, 3.8) is 0 Å². The molecule has 0 radical (unpaired) electrons. The van der Waals surface area contributed by atoms with Crippen LogP contribution in [0.3, 0.4) is 0 Å². The fourth-order valence-corrected chi connectivity index (χ4v) is 2.60. The fourth-order valence-electron chi connectivity index (χ4n) is 1.82. The second kappa shape index (κ2) is 3.05. The number of hydrogen-bond donors (Lipinski definition) is 2. The molecule has 1 aliphatic rings. The standard InChI is InChI=1S/C9H16BrNO2/c1-8(2)6(5-12)7(10)9(3,4)11(8)13/h12-13H,5H2,1-4H3. The maximum absolute atomic E-state index is 9.91. The number of hydrogen-bond acceptors (Lipinski definition) is 3. The summed E-state index contributed by atoms with van der Waals surface area (Å²) in [6, 6.07) is 0. The van der Waals surface area contributed by atoms with Crippen LogP contribution in [0.4, 0.5) is 0 Å². The summed E-state index contributed by atoms with van der Waals surface area (Å²) >= 11 is 3.42. The van der Waals surface area contributed by atoms with Crippen molar-refractivity contribution in [2.75, 3.05) is 6.61 Å². The molecule has 0 aliphatic carbocycles. The third-order valence-electron chi connectivity index (χ3n) is 2.76. The number of rotatable bonds is 1. The van der Waals surface area contributed by atoms with E-state index >= 15 is 0 Å². The Kier molecular flexibility index (Phi) is 2.62. The molecule has 0 unspecified atom stereocenters.